The van der Waals surface area contributed by atoms with Crippen LogP contribution in [0.5, 0.6) is 5.75 Å². The summed E-state index contributed by atoms with van der Waals surface area (Å²) in [7, 11) is 0. The zero-order chi connectivity index (χ0) is 21.7. The zero-order valence-corrected chi connectivity index (χ0v) is 20.6. The third-order valence-electron chi connectivity index (χ3n) is 6.06. The van der Waals surface area contributed by atoms with Crippen LogP contribution < -0.4 is 39.4 Å². The molecule has 0 bridgehead atoms. The van der Waals surface area contributed by atoms with E-state index in [1.165, 1.54) is 6.07 Å². The van der Waals surface area contributed by atoms with Gasteiger partial charge in [-0.2, -0.15) is 0 Å². The van der Waals surface area contributed by atoms with Crippen LogP contribution >= 0.6 is 0 Å². The minimum absolute atomic E-state index is 0. The summed E-state index contributed by atoms with van der Waals surface area (Å²) in [6.45, 7) is 7.10. The molecule has 0 N–H and O–H groups in total. The minimum atomic E-state index is -1.28. The fourth-order valence-electron chi connectivity index (χ4n) is 4.06. The van der Waals surface area contributed by atoms with E-state index in [-0.39, 0.29) is 47.1 Å². The Labute approximate surface area is 207 Å². The van der Waals surface area contributed by atoms with E-state index in [0.717, 1.165) is 22.1 Å². The van der Waals surface area contributed by atoms with Gasteiger partial charge in [0.25, 0.3) is 0 Å². The molecule has 3 heterocycles. The van der Waals surface area contributed by atoms with E-state index in [1.54, 1.807) is 6.07 Å². The second-order valence-corrected chi connectivity index (χ2v) is 8.12. The number of hydrogen-bond acceptors (Lipinski definition) is 6. The van der Waals surface area contributed by atoms with Crippen LogP contribution in [0.15, 0.2) is 46.9 Å². The van der Waals surface area contributed by atoms with E-state index in [4.69, 9.17) is 18.9 Å². The second-order valence-electron chi connectivity index (χ2n) is 8.12. The molecule has 1 aliphatic rings. The molecule has 4 aromatic rings. The molecule has 7 heteroatoms. The number of para-hydroxylation sites is 1. The number of pyridine rings is 1. The molecule has 32 heavy (non-hydrogen) atoms. The summed E-state index contributed by atoms with van der Waals surface area (Å²) in [5.74, 6) is 0.0431. The van der Waals surface area contributed by atoms with Gasteiger partial charge in [-0.05, 0) is 44.5 Å². The fourth-order valence-corrected chi connectivity index (χ4v) is 4.06. The molecule has 0 aliphatic carbocycles. The van der Waals surface area contributed by atoms with E-state index in [2.05, 4.69) is 0 Å². The van der Waals surface area contributed by atoms with Gasteiger partial charge in [0.15, 0.2) is 5.76 Å². The van der Waals surface area contributed by atoms with Gasteiger partial charge in [0.2, 0.25) is 0 Å². The summed E-state index contributed by atoms with van der Waals surface area (Å²) in [6, 6.07) is 12.9. The number of ether oxygens (including phenoxy) is 2. The number of aromatic carboxylic acids is 1. The maximum Gasteiger partial charge on any atom is 1.00 e. The summed E-state index contributed by atoms with van der Waals surface area (Å²) in [6.07, 6.45) is -0.105. The summed E-state index contributed by atoms with van der Waals surface area (Å²) < 4.78 is 17.5. The predicted molar refractivity (Wildman–Crippen MR) is 115 cm³/mol. The minimum Gasteiger partial charge on any atom is -0.545 e. The molecular weight excluding hydrogens is 417 g/mol. The van der Waals surface area contributed by atoms with Gasteiger partial charge in [0, 0.05) is 22.4 Å². The van der Waals surface area contributed by atoms with Crippen molar-refractivity contribution in [3.63, 3.8) is 0 Å². The Kier molecular flexibility index (Phi) is 6.32. The van der Waals surface area contributed by atoms with Crippen LogP contribution in [-0.2, 0) is 4.74 Å². The maximum absolute atomic E-state index is 12.2. The molecule has 1 aliphatic heterocycles. The Hall–Kier alpha value is -2.38. The van der Waals surface area contributed by atoms with Crippen LogP contribution in [0.3, 0.4) is 0 Å². The number of benzene rings is 2. The van der Waals surface area contributed by atoms with Gasteiger partial charge in [-0.15, -0.1) is 0 Å². The van der Waals surface area contributed by atoms with Crippen molar-refractivity contribution in [3.05, 3.63) is 59.2 Å². The molecule has 1 atom stereocenters. The van der Waals surface area contributed by atoms with Crippen LogP contribution in [0.4, 0.5) is 0 Å². The second kappa shape index (κ2) is 8.87. The number of carbonyl (C=O) groups is 1. The van der Waals surface area contributed by atoms with Crippen molar-refractivity contribution in [2.24, 2.45) is 5.92 Å². The monoisotopic (exact) mass is 439 g/mol. The van der Waals surface area contributed by atoms with Gasteiger partial charge < -0.3 is 23.8 Å². The van der Waals surface area contributed by atoms with Crippen LogP contribution in [0.1, 0.15) is 28.4 Å². The largest absolute Gasteiger partial charge is 1.00 e. The zero-order valence-electron chi connectivity index (χ0n) is 18.6. The normalized spacial score (nSPS) is 14.7. The number of carboxylic acid groups (broad SMARTS) is 1. The molecule has 5 rings (SSSR count). The Morgan fingerprint density at radius 2 is 1.94 bits per heavy atom. The molecule has 0 spiro atoms. The number of furan rings is 1. The number of fused-ring (bicyclic) bond motifs is 2. The third-order valence-corrected chi connectivity index (χ3v) is 6.06. The Morgan fingerprint density at radius 3 is 2.59 bits per heavy atom. The first-order valence-corrected chi connectivity index (χ1v) is 10.3. The molecule has 1 saturated heterocycles. The fraction of sp³-hybridized carbons (Fsp3) is 0.280. The SMILES string of the molecule is Cc1c(-c2cc(C(=O)[O-])c3c(O[C@@H](C)C4COC4)ccc(C)c3n2)oc2ccccc12.[Na+]. The predicted octanol–water partition coefficient (Wildman–Crippen LogP) is 1.05. The van der Waals surface area contributed by atoms with Crippen molar-refractivity contribution >= 4 is 27.8 Å². The molecule has 2 aromatic heterocycles. The first-order valence-electron chi connectivity index (χ1n) is 10.3. The smallest absolute Gasteiger partial charge is 0.545 e. The van der Waals surface area contributed by atoms with Crippen molar-refractivity contribution in [2.75, 3.05) is 13.2 Å². The van der Waals surface area contributed by atoms with Crippen molar-refractivity contribution in [2.45, 2.75) is 26.9 Å². The Morgan fingerprint density at radius 1 is 1.19 bits per heavy atom. The third kappa shape index (κ3) is 3.82. The summed E-state index contributed by atoms with van der Waals surface area (Å²) >= 11 is 0. The maximum atomic E-state index is 12.2. The Balaban J connectivity index is 0.00000245. The average molecular weight is 439 g/mol. The van der Waals surface area contributed by atoms with E-state index in [9.17, 15) is 9.90 Å². The van der Waals surface area contributed by atoms with E-state index >= 15 is 0 Å². The molecule has 0 radical (unpaired) electrons. The quantitative estimate of drug-likeness (QED) is 0.432. The molecule has 2 aromatic carbocycles. The topological polar surface area (TPSA) is 84.6 Å². The van der Waals surface area contributed by atoms with Gasteiger partial charge in [-0.25, -0.2) is 4.98 Å². The number of carboxylic acids is 1. The summed E-state index contributed by atoms with van der Waals surface area (Å²) in [4.78, 5) is 17.0. The number of carbonyl (C=O) groups excluding carboxylic acids is 1. The number of rotatable bonds is 5. The number of hydrogen-bond donors (Lipinski definition) is 0. The van der Waals surface area contributed by atoms with Gasteiger partial charge in [-0.3, -0.25) is 0 Å². The standard InChI is InChI=1S/C25H23NO5.Na/c1-13-8-9-21(30-15(3)16-11-29-12-16)22-18(25(27)28)10-19(26-23(13)22)24-14(2)17-6-4-5-7-20(17)31-24;/h4-10,15-16H,11-12H2,1-3H3,(H,27,28);/q;+1/p-1/t15-;/m0./s1. The number of aryl methyl sites for hydroxylation is 2. The molecule has 6 nitrogen and oxygen atoms in total. The molecule has 0 unspecified atom stereocenters. The summed E-state index contributed by atoms with van der Waals surface area (Å²) in [5, 5.41) is 13.6. The van der Waals surface area contributed by atoms with Crippen LogP contribution in [0.2, 0.25) is 0 Å². The van der Waals surface area contributed by atoms with Gasteiger partial charge in [0.1, 0.15) is 23.1 Å². The molecular formula is C25H22NNaO5. The molecule has 158 valence electrons. The van der Waals surface area contributed by atoms with Crippen molar-refractivity contribution < 1.29 is 53.3 Å². The van der Waals surface area contributed by atoms with Crippen LogP contribution in [0, 0.1) is 19.8 Å². The molecule has 0 amide bonds. The average Bonchev–Trinajstić information content (AvgIpc) is 3.05. The Bertz CT molecular complexity index is 1330. The first-order chi connectivity index (χ1) is 14.9. The van der Waals surface area contributed by atoms with Gasteiger partial charge in [0.05, 0.1) is 30.1 Å². The van der Waals surface area contributed by atoms with Gasteiger partial charge in [-0.1, -0.05) is 24.3 Å². The van der Waals surface area contributed by atoms with Crippen molar-refractivity contribution in [3.8, 4) is 17.2 Å². The van der Waals surface area contributed by atoms with Crippen molar-refractivity contribution in [1.29, 1.82) is 0 Å². The van der Waals surface area contributed by atoms with Crippen LogP contribution in [-0.4, -0.2) is 30.3 Å². The van der Waals surface area contributed by atoms with E-state index in [0.29, 0.717) is 41.3 Å². The molecule has 1 fully saturated rings. The van der Waals surface area contributed by atoms with E-state index in [1.807, 2.05) is 51.1 Å². The van der Waals surface area contributed by atoms with E-state index < -0.39 is 5.97 Å². The number of aromatic nitrogens is 1. The van der Waals surface area contributed by atoms with Gasteiger partial charge >= 0.3 is 29.6 Å². The van der Waals surface area contributed by atoms with Crippen molar-refractivity contribution in [1.82, 2.24) is 4.98 Å². The number of nitrogens with zero attached hydrogens (tertiary/aromatic N) is 1. The molecule has 0 saturated carbocycles. The van der Waals surface area contributed by atoms with Crippen LogP contribution in [0.25, 0.3) is 33.3 Å². The first kappa shape index (κ1) is 22.8. The summed E-state index contributed by atoms with van der Waals surface area (Å²) in [5.41, 5.74) is 3.55.